The number of rotatable bonds is 9. The number of aliphatic imine (C=N–C) groups is 1. The van der Waals surface area contributed by atoms with Crippen molar-refractivity contribution in [2.75, 3.05) is 44.2 Å². The standard InChI is InChI=1S/C20H34N4OS.HI/c1-4-21-19(23-15-20(25)12-13-26-16-20)22-14-18(24(5-2)6-3)17-10-8-7-9-11-17;/h7-11,18,25H,4-6,12-16H2,1-3H3,(H2,21,22,23);1H. The average molecular weight is 506 g/mol. The second-order valence-corrected chi connectivity index (χ2v) is 7.86. The van der Waals surface area contributed by atoms with Crippen molar-refractivity contribution in [3.8, 4) is 0 Å². The number of hydrogen-bond acceptors (Lipinski definition) is 4. The molecular formula is C20H35IN4OS. The van der Waals surface area contributed by atoms with E-state index in [-0.39, 0.29) is 24.0 Å². The molecule has 0 aromatic heterocycles. The van der Waals surface area contributed by atoms with Crippen LogP contribution < -0.4 is 10.6 Å². The number of guanidine groups is 1. The first-order chi connectivity index (χ1) is 12.6. The molecule has 27 heavy (non-hydrogen) atoms. The van der Waals surface area contributed by atoms with Crippen molar-refractivity contribution in [2.45, 2.75) is 38.8 Å². The Morgan fingerprint density at radius 1 is 1.22 bits per heavy atom. The van der Waals surface area contributed by atoms with E-state index >= 15 is 0 Å². The van der Waals surface area contributed by atoms with E-state index in [0.717, 1.165) is 50.1 Å². The van der Waals surface area contributed by atoms with Gasteiger partial charge in [0.05, 0.1) is 18.2 Å². The van der Waals surface area contributed by atoms with Crippen molar-refractivity contribution in [2.24, 2.45) is 4.99 Å². The van der Waals surface area contributed by atoms with Gasteiger partial charge in [-0.3, -0.25) is 9.89 Å². The fourth-order valence-electron chi connectivity index (χ4n) is 3.28. The number of thioether (sulfide) groups is 1. The highest BCUT2D eigenvalue weighted by molar-refractivity contribution is 14.0. The summed E-state index contributed by atoms with van der Waals surface area (Å²) in [5.74, 6) is 2.58. The van der Waals surface area contributed by atoms with E-state index in [4.69, 9.17) is 0 Å². The molecule has 1 aromatic rings. The molecule has 1 heterocycles. The molecule has 0 saturated carbocycles. The van der Waals surface area contributed by atoms with Crippen LogP contribution in [-0.4, -0.2) is 65.8 Å². The minimum absolute atomic E-state index is 0. The Labute approximate surface area is 185 Å². The summed E-state index contributed by atoms with van der Waals surface area (Å²) >= 11 is 1.80. The van der Waals surface area contributed by atoms with Crippen molar-refractivity contribution in [3.63, 3.8) is 0 Å². The summed E-state index contributed by atoms with van der Waals surface area (Å²) in [5, 5.41) is 17.3. The fourth-order valence-corrected chi connectivity index (χ4v) is 4.56. The van der Waals surface area contributed by atoms with Gasteiger partial charge in [-0.15, -0.1) is 24.0 Å². The lowest BCUT2D eigenvalue weighted by Crippen LogP contribution is -2.44. The van der Waals surface area contributed by atoms with Crippen LogP contribution in [0.1, 0.15) is 38.8 Å². The Morgan fingerprint density at radius 2 is 1.93 bits per heavy atom. The molecule has 2 atom stereocenters. The second kappa shape index (κ2) is 12.9. The van der Waals surface area contributed by atoms with E-state index in [9.17, 15) is 5.11 Å². The monoisotopic (exact) mass is 506 g/mol. The molecule has 7 heteroatoms. The highest BCUT2D eigenvalue weighted by atomic mass is 127. The molecule has 1 fully saturated rings. The SMILES string of the molecule is CCNC(=NCC1(O)CCSC1)NCC(c1ccccc1)N(CC)CC.I. The van der Waals surface area contributed by atoms with Gasteiger partial charge in [0, 0.05) is 18.8 Å². The van der Waals surface area contributed by atoms with Gasteiger partial charge in [-0.2, -0.15) is 11.8 Å². The van der Waals surface area contributed by atoms with Crippen LogP contribution in [0.5, 0.6) is 0 Å². The maximum absolute atomic E-state index is 10.5. The number of nitrogens with zero attached hydrogens (tertiary/aromatic N) is 2. The van der Waals surface area contributed by atoms with Crippen LogP contribution >= 0.6 is 35.7 Å². The largest absolute Gasteiger partial charge is 0.387 e. The highest BCUT2D eigenvalue weighted by Crippen LogP contribution is 2.27. The maximum Gasteiger partial charge on any atom is 0.191 e. The molecule has 1 aliphatic rings. The predicted molar refractivity (Wildman–Crippen MR) is 128 cm³/mol. The van der Waals surface area contributed by atoms with Gasteiger partial charge in [-0.05, 0) is 37.8 Å². The molecule has 0 aliphatic carbocycles. The van der Waals surface area contributed by atoms with Gasteiger partial charge < -0.3 is 15.7 Å². The zero-order chi connectivity index (χ0) is 18.8. The summed E-state index contributed by atoms with van der Waals surface area (Å²) in [6, 6.07) is 10.9. The molecule has 0 bridgehead atoms. The van der Waals surface area contributed by atoms with Crippen molar-refractivity contribution < 1.29 is 5.11 Å². The molecule has 3 N–H and O–H groups in total. The van der Waals surface area contributed by atoms with Gasteiger partial charge in [-0.1, -0.05) is 44.2 Å². The van der Waals surface area contributed by atoms with E-state index in [0.29, 0.717) is 12.6 Å². The molecule has 1 aliphatic heterocycles. The molecule has 5 nitrogen and oxygen atoms in total. The first-order valence-corrected chi connectivity index (χ1v) is 10.9. The summed E-state index contributed by atoms with van der Waals surface area (Å²) in [4.78, 5) is 7.11. The van der Waals surface area contributed by atoms with E-state index in [1.165, 1.54) is 5.56 Å². The minimum Gasteiger partial charge on any atom is -0.387 e. The molecule has 0 spiro atoms. The zero-order valence-corrected chi connectivity index (χ0v) is 19.9. The Balaban J connectivity index is 0.00000364. The smallest absolute Gasteiger partial charge is 0.191 e. The number of nitrogens with one attached hydrogen (secondary N) is 2. The lowest BCUT2D eigenvalue weighted by Gasteiger charge is -2.31. The first kappa shape index (κ1) is 24.5. The van der Waals surface area contributed by atoms with Gasteiger partial charge in [0.1, 0.15) is 0 Å². The van der Waals surface area contributed by atoms with Crippen molar-refractivity contribution in [1.29, 1.82) is 0 Å². The van der Waals surface area contributed by atoms with Crippen molar-refractivity contribution >= 4 is 41.7 Å². The molecule has 0 amide bonds. The first-order valence-electron chi connectivity index (χ1n) is 9.73. The number of aliphatic hydroxyl groups is 1. The quantitative estimate of drug-likeness (QED) is 0.273. The molecule has 1 aromatic carbocycles. The maximum atomic E-state index is 10.5. The van der Waals surface area contributed by atoms with Crippen molar-refractivity contribution in [3.05, 3.63) is 35.9 Å². The number of benzene rings is 1. The van der Waals surface area contributed by atoms with Gasteiger partial charge in [0.25, 0.3) is 0 Å². The van der Waals surface area contributed by atoms with Crippen LogP contribution in [0.4, 0.5) is 0 Å². The van der Waals surface area contributed by atoms with Crippen LogP contribution in [-0.2, 0) is 0 Å². The third-order valence-electron chi connectivity index (χ3n) is 4.86. The fraction of sp³-hybridized carbons (Fsp3) is 0.650. The third kappa shape index (κ3) is 7.79. The molecule has 154 valence electrons. The second-order valence-electron chi connectivity index (χ2n) is 6.75. The van der Waals surface area contributed by atoms with Gasteiger partial charge in [-0.25, -0.2) is 0 Å². The van der Waals surface area contributed by atoms with E-state index in [2.05, 4.69) is 71.6 Å². The van der Waals surface area contributed by atoms with Gasteiger partial charge in [0.2, 0.25) is 0 Å². The van der Waals surface area contributed by atoms with E-state index in [1.54, 1.807) is 11.8 Å². The number of hydrogen-bond donors (Lipinski definition) is 3. The van der Waals surface area contributed by atoms with Crippen LogP contribution in [0.3, 0.4) is 0 Å². The summed E-state index contributed by atoms with van der Waals surface area (Å²) in [6.07, 6.45) is 0.826. The predicted octanol–water partition coefficient (Wildman–Crippen LogP) is 3.11. The average Bonchev–Trinajstić information content (AvgIpc) is 3.10. The summed E-state index contributed by atoms with van der Waals surface area (Å²) in [7, 11) is 0. The Kier molecular flexibility index (Phi) is 11.7. The zero-order valence-electron chi connectivity index (χ0n) is 16.8. The number of halogens is 1. The van der Waals surface area contributed by atoms with E-state index < -0.39 is 5.60 Å². The summed E-state index contributed by atoms with van der Waals surface area (Å²) < 4.78 is 0. The lowest BCUT2D eigenvalue weighted by molar-refractivity contribution is 0.0778. The normalized spacial score (nSPS) is 21.0. The Morgan fingerprint density at radius 3 is 2.48 bits per heavy atom. The highest BCUT2D eigenvalue weighted by Gasteiger charge is 2.31. The van der Waals surface area contributed by atoms with Crippen molar-refractivity contribution in [1.82, 2.24) is 15.5 Å². The Bertz CT molecular complexity index is 548. The van der Waals surface area contributed by atoms with Crippen LogP contribution in [0, 0.1) is 0 Å². The van der Waals surface area contributed by atoms with E-state index in [1.807, 2.05) is 0 Å². The molecule has 2 rings (SSSR count). The molecule has 2 unspecified atom stereocenters. The minimum atomic E-state index is -0.648. The Hall–Kier alpha value is -0.510. The molecule has 1 saturated heterocycles. The molecular weight excluding hydrogens is 471 g/mol. The number of likely N-dealkylation sites (N-methyl/N-ethyl adjacent to an activating group) is 1. The lowest BCUT2D eigenvalue weighted by atomic mass is 10.0. The molecule has 0 radical (unpaired) electrons. The van der Waals surface area contributed by atoms with Crippen LogP contribution in [0.2, 0.25) is 0 Å². The van der Waals surface area contributed by atoms with Crippen LogP contribution in [0.15, 0.2) is 35.3 Å². The summed E-state index contributed by atoms with van der Waals surface area (Å²) in [5.41, 5.74) is 0.662. The van der Waals surface area contributed by atoms with Gasteiger partial charge in [0.15, 0.2) is 5.96 Å². The van der Waals surface area contributed by atoms with Crippen LogP contribution in [0.25, 0.3) is 0 Å². The summed E-state index contributed by atoms with van der Waals surface area (Å²) in [6.45, 7) is 10.5. The topological polar surface area (TPSA) is 59.9 Å². The van der Waals surface area contributed by atoms with Gasteiger partial charge >= 0.3 is 0 Å². The third-order valence-corrected chi connectivity index (χ3v) is 6.09.